The van der Waals surface area contributed by atoms with Crippen molar-refractivity contribution in [3.63, 3.8) is 0 Å². The molecule has 3 aromatic rings. The topological polar surface area (TPSA) is 68.7 Å². The molecule has 1 aliphatic heterocycles. The molecule has 0 unspecified atom stereocenters. The minimum atomic E-state index is 0.348. The first-order valence-electron chi connectivity index (χ1n) is 12.1. The summed E-state index contributed by atoms with van der Waals surface area (Å²) < 4.78 is 16.7. The van der Waals surface area contributed by atoms with Gasteiger partial charge in [-0.15, -0.1) is 0 Å². The number of nitrogens with zero attached hydrogens (tertiary/aromatic N) is 3. The molecule has 186 valence electrons. The average Bonchev–Trinajstić information content (AvgIpc) is 2.89. The number of piperidine rings is 1. The fourth-order valence-corrected chi connectivity index (χ4v) is 4.47. The highest BCUT2D eigenvalue weighted by molar-refractivity contribution is 6.33. The van der Waals surface area contributed by atoms with Crippen molar-refractivity contribution in [3.8, 4) is 28.4 Å². The smallest absolute Gasteiger partial charge is 0.222 e. The van der Waals surface area contributed by atoms with E-state index in [1.54, 1.807) is 7.11 Å². The quantitative estimate of drug-likeness (QED) is 0.387. The molecule has 0 bridgehead atoms. The van der Waals surface area contributed by atoms with Crippen LogP contribution in [0.25, 0.3) is 11.1 Å². The van der Waals surface area contributed by atoms with Gasteiger partial charge < -0.3 is 19.5 Å². The van der Waals surface area contributed by atoms with E-state index in [2.05, 4.69) is 20.2 Å². The van der Waals surface area contributed by atoms with Crippen LogP contribution >= 0.6 is 11.6 Å². The number of rotatable bonds is 10. The maximum atomic E-state index is 6.45. The highest BCUT2D eigenvalue weighted by Crippen LogP contribution is 2.36. The van der Waals surface area contributed by atoms with Crippen LogP contribution in [-0.4, -0.2) is 54.3 Å². The second-order valence-electron chi connectivity index (χ2n) is 8.49. The number of methoxy groups -OCH3 is 1. The van der Waals surface area contributed by atoms with Crippen LogP contribution in [0.3, 0.4) is 0 Å². The zero-order valence-corrected chi connectivity index (χ0v) is 21.3. The Bertz CT molecular complexity index is 1060. The minimum Gasteiger partial charge on any atom is -0.497 e. The third kappa shape index (κ3) is 6.55. The maximum Gasteiger partial charge on any atom is 0.222 e. The number of anilines is 1. The van der Waals surface area contributed by atoms with E-state index in [4.69, 9.17) is 25.8 Å². The van der Waals surface area contributed by atoms with E-state index < -0.39 is 0 Å². The first-order chi connectivity index (χ1) is 17.1. The van der Waals surface area contributed by atoms with Gasteiger partial charge >= 0.3 is 0 Å². The Labute approximate surface area is 212 Å². The lowest BCUT2D eigenvalue weighted by atomic mass is 10.0. The van der Waals surface area contributed by atoms with Crippen molar-refractivity contribution < 1.29 is 14.2 Å². The van der Waals surface area contributed by atoms with Crippen molar-refractivity contribution in [2.75, 3.05) is 38.7 Å². The molecule has 0 spiro atoms. The second kappa shape index (κ2) is 12.1. The van der Waals surface area contributed by atoms with E-state index in [9.17, 15) is 0 Å². The molecule has 0 aliphatic carbocycles. The molecule has 0 amide bonds. The van der Waals surface area contributed by atoms with Gasteiger partial charge in [-0.2, -0.15) is 0 Å². The summed E-state index contributed by atoms with van der Waals surface area (Å²) in [6, 6.07) is 12.3. The molecule has 0 saturated carbocycles. The van der Waals surface area contributed by atoms with Crippen LogP contribution in [0.15, 0.2) is 48.8 Å². The second-order valence-corrected chi connectivity index (χ2v) is 8.87. The maximum absolute atomic E-state index is 6.45. The van der Waals surface area contributed by atoms with Gasteiger partial charge in [0, 0.05) is 43.6 Å². The molecule has 1 fully saturated rings. The van der Waals surface area contributed by atoms with E-state index in [-0.39, 0.29) is 0 Å². The lowest BCUT2D eigenvalue weighted by molar-refractivity contribution is 0.210. The number of likely N-dealkylation sites (tertiary alicyclic amines) is 1. The van der Waals surface area contributed by atoms with Gasteiger partial charge in [-0.1, -0.05) is 23.7 Å². The summed E-state index contributed by atoms with van der Waals surface area (Å²) in [4.78, 5) is 11.5. The summed E-state index contributed by atoms with van der Waals surface area (Å²) in [5, 5.41) is 4.04. The fourth-order valence-electron chi connectivity index (χ4n) is 4.25. The van der Waals surface area contributed by atoms with Crippen LogP contribution < -0.4 is 19.5 Å². The molecular weight excluding hydrogens is 464 g/mol. The standard InChI is InChI=1S/C27H33ClN4O3/c1-4-34-24-14-19(15-25(26(24)28)35-5-2)18-32-12-10-22(11-13-32)31-27-29-16-21(17-30-27)20-6-8-23(33-3)9-7-20/h6-9,14-17,22H,4-5,10-13,18H2,1-3H3,(H,29,30,31). The van der Waals surface area contributed by atoms with E-state index in [1.807, 2.05) is 62.6 Å². The summed E-state index contributed by atoms with van der Waals surface area (Å²) in [7, 11) is 1.66. The average molecular weight is 497 g/mol. The van der Waals surface area contributed by atoms with Crippen molar-refractivity contribution in [3.05, 3.63) is 59.4 Å². The number of hydrogen-bond acceptors (Lipinski definition) is 7. The summed E-state index contributed by atoms with van der Waals surface area (Å²) in [5.74, 6) is 2.87. The van der Waals surface area contributed by atoms with Crippen LogP contribution in [0.4, 0.5) is 5.95 Å². The Hall–Kier alpha value is -3.03. The molecule has 2 aromatic carbocycles. The van der Waals surface area contributed by atoms with E-state index >= 15 is 0 Å². The normalized spacial score (nSPS) is 14.5. The molecule has 2 heterocycles. The zero-order valence-electron chi connectivity index (χ0n) is 20.6. The summed E-state index contributed by atoms with van der Waals surface area (Å²) in [6.07, 6.45) is 5.76. The van der Waals surface area contributed by atoms with Gasteiger partial charge in [0.2, 0.25) is 5.95 Å². The van der Waals surface area contributed by atoms with Gasteiger partial charge in [0.1, 0.15) is 22.3 Å². The number of hydrogen-bond donors (Lipinski definition) is 1. The third-order valence-electron chi connectivity index (χ3n) is 6.07. The van der Waals surface area contributed by atoms with Crippen molar-refractivity contribution in [2.45, 2.75) is 39.3 Å². The molecule has 1 aromatic heterocycles. The monoisotopic (exact) mass is 496 g/mol. The Morgan fingerprint density at radius 1 is 0.943 bits per heavy atom. The number of aromatic nitrogens is 2. The molecule has 7 nitrogen and oxygen atoms in total. The summed E-state index contributed by atoms with van der Waals surface area (Å²) in [5.41, 5.74) is 3.19. The van der Waals surface area contributed by atoms with Crippen LogP contribution in [0.5, 0.6) is 17.2 Å². The van der Waals surface area contributed by atoms with Gasteiger partial charge in [-0.05, 0) is 62.1 Å². The Balaban J connectivity index is 1.31. The van der Waals surface area contributed by atoms with Crippen molar-refractivity contribution in [1.29, 1.82) is 0 Å². The van der Waals surface area contributed by atoms with Gasteiger partial charge in [-0.25, -0.2) is 9.97 Å². The van der Waals surface area contributed by atoms with E-state index in [0.29, 0.717) is 41.7 Å². The number of halogens is 1. The molecule has 35 heavy (non-hydrogen) atoms. The lowest BCUT2D eigenvalue weighted by Crippen LogP contribution is -2.39. The molecule has 8 heteroatoms. The molecular formula is C27H33ClN4O3. The van der Waals surface area contributed by atoms with Crippen LogP contribution in [-0.2, 0) is 6.54 Å². The third-order valence-corrected chi connectivity index (χ3v) is 6.44. The predicted octanol–water partition coefficient (Wildman–Crippen LogP) is 5.68. The van der Waals surface area contributed by atoms with Crippen LogP contribution in [0.2, 0.25) is 5.02 Å². The number of ether oxygens (including phenoxy) is 3. The van der Waals surface area contributed by atoms with Crippen molar-refractivity contribution in [2.24, 2.45) is 0 Å². The molecule has 4 rings (SSSR count). The number of nitrogens with one attached hydrogen (secondary N) is 1. The Morgan fingerprint density at radius 2 is 1.54 bits per heavy atom. The van der Waals surface area contributed by atoms with Gasteiger partial charge in [-0.3, -0.25) is 4.90 Å². The first kappa shape index (κ1) is 25.1. The molecule has 0 atom stereocenters. The zero-order chi connectivity index (χ0) is 24.6. The molecule has 1 aliphatic rings. The predicted molar refractivity (Wildman–Crippen MR) is 140 cm³/mol. The van der Waals surface area contributed by atoms with Crippen LogP contribution in [0.1, 0.15) is 32.3 Å². The fraction of sp³-hybridized carbons (Fsp3) is 0.407. The van der Waals surface area contributed by atoms with Crippen LogP contribution in [0, 0.1) is 0 Å². The molecule has 0 radical (unpaired) electrons. The Morgan fingerprint density at radius 3 is 2.09 bits per heavy atom. The van der Waals surface area contributed by atoms with Gasteiger partial charge in [0.05, 0.1) is 20.3 Å². The lowest BCUT2D eigenvalue weighted by Gasteiger charge is -2.32. The van der Waals surface area contributed by atoms with E-state index in [0.717, 1.165) is 54.9 Å². The summed E-state index contributed by atoms with van der Waals surface area (Å²) in [6.45, 7) is 7.84. The van der Waals surface area contributed by atoms with Gasteiger partial charge in [0.15, 0.2) is 0 Å². The van der Waals surface area contributed by atoms with Crippen molar-refractivity contribution >= 4 is 17.5 Å². The largest absolute Gasteiger partial charge is 0.497 e. The SMILES string of the molecule is CCOc1cc(CN2CCC(Nc3ncc(-c4ccc(OC)cc4)cn3)CC2)cc(OCC)c1Cl. The van der Waals surface area contributed by atoms with Gasteiger partial charge in [0.25, 0.3) is 0 Å². The number of benzene rings is 2. The first-order valence-corrected chi connectivity index (χ1v) is 12.5. The minimum absolute atomic E-state index is 0.348. The highest BCUT2D eigenvalue weighted by Gasteiger charge is 2.21. The summed E-state index contributed by atoms with van der Waals surface area (Å²) >= 11 is 6.45. The Kier molecular flexibility index (Phi) is 8.66. The molecule has 1 saturated heterocycles. The van der Waals surface area contributed by atoms with E-state index in [1.165, 1.54) is 0 Å². The highest BCUT2D eigenvalue weighted by atomic mass is 35.5. The molecule has 1 N–H and O–H groups in total. The van der Waals surface area contributed by atoms with Crippen molar-refractivity contribution in [1.82, 2.24) is 14.9 Å².